The summed E-state index contributed by atoms with van der Waals surface area (Å²) in [7, 11) is 0. The highest BCUT2D eigenvalue weighted by Gasteiger charge is 2.20. The predicted octanol–water partition coefficient (Wildman–Crippen LogP) is 3.09. The van der Waals surface area contributed by atoms with Crippen LogP contribution in [0.2, 0.25) is 0 Å². The molecule has 3 rings (SSSR count). The first-order valence-corrected chi connectivity index (χ1v) is 7.96. The minimum absolute atomic E-state index is 0.251. The smallest absolute Gasteiger partial charge is 0.338 e. The number of allylic oxidation sites excluding steroid dienone is 2. The van der Waals surface area contributed by atoms with E-state index < -0.39 is 0 Å². The van der Waals surface area contributed by atoms with Crippen LogP contribution in [0.15, 0.2) is 49.1 Å². The van der Waals surface area contributed by atoms with E-state index in [1.54, 1.807) is 23.1 Å². The number of hydrogen-bond donors (Lipinski definition) is 0. The van der Waals surface area contributed by atoms with E-state index in [0.29, 0.717) is 30.6 Å². The molecule has 0 aliphatic heterocycles. The van der Waals surface area contributed by atoms with Gasteiger partial charge < -0.3 is 4.74 Å². The molecule has 5 heteroatoms. The third-order valence-corrected chi connectivity index (χ3v) is 4.35. The van der Waals surface area contributed by atoms with Crippen molar-refractivity contribution in [2.45, 2.75) is 26.3 Å². The first-order valence-electron chi connectivity index (χ1n) is 7.96. The highest BCUT2D eigenvalue weighted by atomic mass is 16.5. The minimum atomic E-state index is -0.251. The zero-order chi connectivity index (χ0) is 16.1. The largest absolute Gasteiger partial charge is 0.462 e. The molecule has 5 nitrogen and oxygen atoms in total. The maximum Gasteiger partial charge on any atom is 0.338 e. The number of nitrogens with zero attached hydrogens (tertiary/aromatic N) is 3. The second-order valence-corrected chi connectivity index (χ2v) is 6.07. The van der Waals surface area contributed by atoms with Gasteiger partial charge >= 0.3 is 5.97 Å². The Balaban J connectivity index is 1.54. The predicted molar refractivity (Wildman–Crippen MR) is 86.9 cm³/mol. The molecular weight excluding hydrogens is 290 g/mol. The molecule has 2 aromatic rings. The quantitative estimate of drug-likeness (QED) is 0.629. The summed E-state index contributed by atoms with van der Waals surface area (Å²) < 4.78 is 7.22. The van der Waals surface area contributed by atoms with Crippen LogP contribution in [0.25, 0.3) is 0 Å². The number of benzene rings is 1. The van der Waals surface area contributed by atoms with Gasteiger partial charge in [0.2, 0.25) is 0 Å². The number of carbonyl (C=O) groups is 1. The molecule has 0 saturated heterocycles. The fourth-order valence-corrected chi connectivity index (χ4v) is 2.75. The molecule has 1 aliphatic rings. The number of rotatable bonds is 5. The van der Waals surface area contributed by atoms with Crippen molar-refractivity contribution in [3.63, 3.8) is 0 Å². The summed E-state index contributed by atoms with van der Waals surface area (Å²) >= 11 is 0. The average Bonchev–Trinajstić information content (AvgIpc) is 3.07. The van der Waals surface area contributed by atoms with Crippen molar-refractivity contribution in [2.24, 2.45) is 11.8 Å². The fraction of sp³-hybridized carbons (Fsp3) is 0.389. The van der Waals surface area contributed by atoms with Crippen molar-refractivity contribution in [3.05, 3.63) is 60.2 Å². The average molecular weight is 311 g/mol. The zero-order valence-corrected chi connectivity index (χ0v) is 13.3. The molecule has 2 unspecified atom stereocenters. The summed E-state index contributed by atoms with van der Waals surface area (Å²) in [5, 5.41) is 4.07. The van der Waals surface area contributed by atoms with E-state index in [-0.39, 0.29) is 5.97 Å². The molecule has 1 aromatic heterocycles. The van der Waals surface area contributed by atoms with Crippen molar-refractivity contribution in [1.29, 1.82) is 0 Å². The molecule has 0 fully saturated rings. The van der Waals surface area contributed by atoms with Crippen molar-refractivity contribution >= 4 is 5.97 Å². The Morgan fingerprint density at radius 1 is 1.26 bits per heavy atom. The lowest BCUT2D eigenvalue weighted by Crippen LogP contribution is -2.21. The van der Waals surface area contributed by atoms with Gasteiger partial charge in [-0.3, -0.25) is 0 Å². The second kappa shape index (κ2) is 7.22. The van der Waals surface area contributed by atoms with E-state index in [1.165, 1.54) is 6.33 Å². The number of carbonyl (C=O) groups excluding carboxylic acids is 1. The summed E-state index contributed by atoms with van der Waals surface area (Å²) in [5.74, 6) is 0.743. The van der Waals surface area contributed by atoms with Gasteiger partial charge in [0, 0.05) is 0 Å². The molecule has 23 heavy (non-hydrogen) atoms. The molecular formula is C18H21N3O2. The fourth-order valence-electron chi connectivity index (χ4n) is 2.75. The molecule has 0 bridgehead atoms. The Bertz CT molecular complexity index is 662. The zero-order valence-electron chi connectivity index (χ0n) is 13.3. The van der Waals surface area contributed by atoms with Crippen LogP contribution in [0.1, 0.15) is 35.7 Å². The molecule has 1 aliphatic carbocycles. The third-order valence-electron chi connectivity index (χ3n) is 4.35. The Labute approximate surface area is 136 Å². The summed E-state index contributed by atoms with van der Waals surface area (Å²) in [6.07, 6.45) is 9.62. The molecule has 0 saturated carbocycles. The SMILES string of the molecule is CC1CC=CCC1COC(=O)c1ccc(Cn2cncn2)cc1. The van der Waals surface area contributed by atoms with Gasteiger partial charge in [0.05, 0.1) is 18.7 Å². The van der Waals surface area contributed by atoms with Gasteiger partial charge in [-0.05, 0) is 42.4 Å². The van der Waals surface area contributed by atoms with Crippen molar-refractivity contribution in [3.8, 4) is 0 Å². The standard InChI is InChI=1S/C18H21N3O2/c1-14-4-2-3-5-17(14)11-23-18(22)16-8-6-15(7-9-16)10-21-13-19-12-20-21/h2-3,6-9,12-14,17H,4-5,10-11H2,1H3. The normalized spacial score (nSPS) is 20.4. The first kappa shape index (κ1) is 15.5. The van der Waals surface area contributed by atoms with Crippen LogP contribution in [-0.4, -0.2) is 27.3 Å². The molecule has 1 aromatic carbocycles. The van der Waals surface area contributed by atoms with Crippen LogP contribution in [0.5, 0.6) is 0 Å². The molecule has 0 radical (unpaired) electrons. The van der Waals surface area contributed by atoms with Crippen molar-refractivity contribution in [1.82, 2.24) is 14.8 Å². The van der Waals surface area contributed by atoms with Gasteiger partial charge in [-0.15, -0.1) is 0 Å². The Morgan fingerprint density at radius 3 is 2.74 bits per heavy atom. The monoisotopic (exact) mass is 311 g/mol. The summed E-state index contributed by atoms with van der Waals surface area (Å²) in [6.45, 7) is 3.34. The number of esters is 1. The second-order valence-electron chi connectivity index (χ2n) is 6.07. The van der Waals surface area contributed by atoms with E-state index in [1.807, 2.05) is 12.1 Å². The molecule has 120 valence electrons. The Kier molecular flexibility index (Phi) is 4.86. The highest BCUT2D eigenvalue weighted by molar-refractivity contribution is 5.89. The van der Waals surface area contributed by atoms with Crippen molar-refractivity contribution in [2.75, 3.05) is 6.61 Å². The molecule has 0 amide bonds. The van der Waals surface area contributed by atoms with E-state index in [0.717, 1.165) is 18.4 Å². The molecule has 0 spiro atoms. The first-order chi connectivity index (χ1) is 11.2. The van der Waals surface area contributed by atoms with Crippen LogP contribution in [0.3, 0.4) is 0 Å². The summed E-state index contributed by atoms with van der Waals surface area (Å²) in [5.41, 5.74) is 1.66. The Morgan fingerprint density at radius 2 is 2.04 bits per heavy atom. The van der Waals surface area contributed by atoms with Gasteiger partial charge in [0.1, 0.15) is 12.7 Å². The van der Waals surface area contributed by atoms with Gasteiger partial charge in [0.15, 0.2) is 0 Å². The van der Waals surface area contributed by atoms with Gasteiger partial charge in [0.25, 0.3) is 0 Å². The van der Waals surface area contributed by atoms with Crippen LogP contribution in [0, 0.1) is 11.8 Å². The van der Waals surface area contributed by atoms with Crippen LogP contribution in [0.4, 0.5) is 0 Å². The third kappa shape index (κ3) is 4.06. The molecule has 0 N–H and O–H groups in total. The summed E-state index contributed by atoms with van der Waals surface area (Å²) in [4.78, 5) is 16.1. The van der Waals surface area contributed by atoms with E-state index in [4.69, 9.17) is 4.74 Å². The Hall–Kier alpha value is -2.43. The summed E-state index contributed by atoms with van der Waals surface area (Å²) in [6, 6.07) is 7.45. The minimum Gasteiger partial charge on any atom is -0.462 e. The van der Waals surface area contributed by atoms with E-state index >= 15 is 0 Å². The van der Waals surface area contributed by atoms with Crippen LogP contribution < -0.4 is 0 Å². The lowest BCUT2D eigenvalue weighted by Gasteiger charge is -2.24. The van der Waals surface area contributed by atoms with Gasteiger partial charge in [-0.1, -0.05) is 31.2 Å². The van der Waals surface area contributed by atoms with E-state index in [2.05, 4.69) is 29.2 Å². The molecule has 1 heterocycles. The maximum atomic E-state index is 12.2. The number of ether oxygens (including phenoxy) is 1. The number of aromatic nitrogens is 3. The van der Waals surface area contributed by atoms with Crippen LogP contribution >= 0.6 is 0 Å². The lowest BCUT2D eigenvalue weighted by atomic mass is 9.85. The van der Waals surface area contributed by atoms with Crippen molar-refractivity contribution < 1.29 is 9.53 Å². The van der Waals surface area contributed by atoms with Gasteiger partial charge in [-0.2, -0.15) is 5.10 Å². The number of hydrogen-bond acceptors (Lipinski definition) is 4. The van der Waals surface area contributed by atoms with Crippen LogP contribution in [-0.2, 0) is 11.3 Å². The topological polar surface area (TPSA) is 57.0 Å². The lowest BCUT2D eigenvalue weighted by molar-refractivity contribution is 0.0395. The highest BCUT2D eigenvalue weighted by Crippen LogP contribution is 2.25. The van der Waals surface area contributed by atoms with Gasteiger partial charge in [-0.25, -0.2) is 14.5 Å². The van der Waals surface area contributed by atoms with E-state index in [9.17, 15) is 4.79 Å². The molecule has 2 atom stereocenters. The maximum absolute atomic E-state index is 12.2.